The van der Waals surface area contributed by atoms with Gasteiger partial charge in [-0.15, -0.1) is 0 Å². The van der Waals surface area contributed by atoms with Gasteiger partial charge < -0.3 is 4.90 Å². The molecular weight excluding hydrogens is 639 g/mol. The highest BCUT2D eigenvalue weighted by Gasteiger charge is 2.15. The van der Waals surface area contributed by atoms with Crippen molar-refractivity contribution in [3.8, 4) is 55.6 Å². The first-order chi connectivity index (χ1) is 29.6. The molecule has 0 spiro atoms. The van der Waals surface area contributed by atoms with Gasteiger partial charge in [0.2, 0.25) is 0 Å². The Balaban J connectivity index is 1.22. The Kier molecular flexibility index (Phi) is 6.57. The van der Waals surface area contributed by atoms with Crippen molar-refractivity contribution in [3.63, 3.8) is 0 Å². The van der Waals surface area contributed by atoms with E-state index in [-0.39, 0.29) is 58.8 Å². The number of hydrogen-bond donors (Lipinski definition) is 0. The van der Waals surface area contributed by atoms with Gasteiger partial charge in [0.25, 0.3) is 0 Å². The van der Waals surface area contributed by atoms with Crippen molar-refractivity contribution >= 4 is 27.8 Å². The maximum atomic E-state index is 9.70. The molecule has 0 aliphatic carbocycles. The largest absolute Gasteiger partial charge is 0.310 e. The Bertz CT molecular complexity index is 3050. The van der Waals surface area contributed by atoms with Crippen molar-refractivity contribution in [1.29, 1.82) is 0 Å². The van der Waals surface area contributed by atoms with Gasteiger partial charge in [-0.05, 0) is 109 Å². The fourth-order valence-corrected chi connectivity index (χ4v) is 6.62. The molecule has 250 valence electrons. The summed E-state index contributed by atoms with van der Waals surface area (Å²) in [6.07, 6.45) is 0. The predicted molar refractivity (Wildman–Crippen MR) is 226 cm³/mol. The molecule has 9 aromatic rings. The summed E-state index contributed by atoms with van der Waals surface area (Å²) in [5.74, 6) is 0. The van der Waals surface area contributed by atoms with Crippen LogP contribution in [0.5, 0.6) is 0 Å². The average Bonchev–Trinajstić information content (AvgIpc) is 3.31. The quantitative estimate of drug-likeness (QED) is 0.154. The molecule has 0 saturated heterocycles. The summed E-state index contributed by atoms with van der Waals surface area (Å²) in [6.45, 7) is 0. The van der Waals surface area contributed by atoms with Crippen LogP contribution >= 0.6 is 0 Å². The van der Waals surface area contributed by atoms with Crippen LogP contribution in [0.1, 0.15) is 11.0 Å². The smallest absolute Gasteiger partial charge is 0.0651 e. The second-order valence-corrected chi connectivity index (χ2v) is 12.8. The van der Waals surface area contributed by atoms with Gasteiger partial charge in [0.15, 0.2) is 0 Å². The summed E-state index contributed by atoms with van der Waals surface area (Å²) in [5.41, 5.74) is 7.21. The van der Waals surface area contributed by atoms with E-state index in [0.29, 0.717) is 16.8 Å². The Hall–Kier alpha value is -6.96. The summed E-state index contributed by atoms with van der Waals surface area (Å²) in [6, 6.07) is 53.2. The first-order valence-corrected chi connectivity index (χ1v) is 17.5. The first kappa shape index (κ1) is 24.3. The average molecular weight is 684 g/mol. The van der Waals surface area contributed by atoms with Crippen LogP contribution in [0.4, 0.5) is 17.1 Å². The molecule has 0 atom stereocenters. The molecule has 9 aromatic carbocycles. The maximum absolute atomic E-state index is 9.70. The van der Waals surface area contributed by atoms with Crippen LogP contribution in [0.15, 0.2) is 224 Å². The van der Waals surface area contributed by atoms with E-state index in [1.165, 1.54) is 4.90 Å². The lowest BCUT2D eigenvalue weighted by molar-refractivity contribution is 1.28. The molecular formula is C52H37N. The molecule has 0 N–H and O–H groups in total. The number of rotatable bonds is 8. The molecule has 0 saturated carbocycles. The van der Waals surface area contributed by atoms with Gasteiger partial charge in [-0.1, -0.05) is 182 Å². The van der Waals surface area contributed by atoms with Crippen molar-refractivity contribution in [3.05, 3.63) is 224 Å². The third-order valence-electron chi connectivity index (χ3n) is 9.44. The molecule has 0 heterocycles. The van der Waals surface area contributed by atoms with Crippen LogP contribution in [0.3, 0.4) is 0 Å². The summed E-state index contributed by atoms with van der Waals surface area (Å²) < 4.78 is 74.7. The second kappa shape index (κ2) is 14.3. The number of anilines is 3. The molecule has 0 aliphatic rings. The lowest BCUT2D eigenvalue weighted by Crippen LogP contribution is -2.10. The van der Waals surface area contributed by atoms with Gasteiger partial charge in [-0.25, -0.2) is 0 Å². The highest BCUT2D eigenvalue weighted by molar-refractivity contribution is 5.89. The van der Waals surface area contributed by atoms with Gasteiger partial charge in [0, 0.05) is 17.1 Å². The van der Waals surface area contributed by atoms with E-state index in [1.54, 1.807) is 30.3 Å². The van der Waals surface area contributed by atoms with E-state index in [9.17, 15) is 8.22 Å². The zero-order valence-electron chi connectivity index (χ0n) is 36.7. The van der Waals surface area contributed by atoms with Crippen molar-refractivity contribution in [1.82, 2.24) is 0 Å². The van der Waals surface area contributed by atoms with Gasteiger partial charge in [-0.3, -0.25) is 0 Å². The van der Waals surface area contributed by atoms with Crippen LogP contribution in [-0.4, -0.2) is 0 Å². The highest BCUT2D eigenvalue weighted by atomic mass is 15.1. The lowest BCUT2D eigenvalue weighted by Gasteiger charge is -2.26. The first-order valence-electron chi connectivity index (χ1n) is 21.5. The third kappa shape index (κ3) is 6.77. The molecule has 0 amide bonds. The summed E-state index contributed by atoms with van der Waals surface area (Å²) in [5, 5.41) is 1.83. The van der Waals surface area contributed by atoms with E-state index in [2.05, 4.69) is 24.3 Å². The van der Waals surface area contributed by atoms with Crippen molar-refractivity contribution in [2.75, 3.05) is 4.90 Å². The van der Waals surface area contributed by atoms with Crippen molar-refractivity contribution < 1.29 is 11.0 Å². The van der Waals surface area contributed by atoms with Gasteiger partial charge in [0.05, 0.1) is 11.0 Å². The van der Waals surface area contributed by atoms with Crippen molar-refractivity contribution in [2.45, 2.75) is 0 Å². The zero-order chi connectivity index (χ0) is 42.4. The number of hydrogen-bond acceptors (Lipinski definition) is 1. The minimum atomic E-state index is -0.447. The number of benzene rings is 9. The van der Waals surface area contributed by atoms with E-state index in [4.69, 9.17) is 2.74 Å². The molecule has 9 rings (SSSR count). The number of nitrogens with zero attached hydrogens (tertiary/aromatic N) is 1. The van der Waals surface area contributed by atoms with Crippen LogP contribution in [-0.2, 0) is 0 Å². The molecule has 1 heteroatoms. The topological polar surface area (TPSA) is 3.24 Å². The SMILES string of the molecule is [2H]c1c([2H])c(-c2ccc3ccccc3c2)c([2H])c(N(c2ccc(-c3ccc(-c4ccccc4)cc3)cc2)c2c([2H])c([2H])c(-c3ccc(-c4ccccc4)cc3)c([2H])c2[2H])c1[2H]. The van der Waals surface area contributed by atoms with Gasteiger partial charge >= 0.3 is 0 Å². The Morgan fingerprint density at radius 3 is 1.30 bits per heavy atom. The van der Waals surface area contributed by atoms with Crippen LogP contribution in [0, 0.1) is 0 Å². The minimum absolute atomic E-state index is 0.115. The summed E-state index contributed by atoms with van der Waals surface area (Å²) in [7, 11) is 0. The molecule has 0 unspecified atom stereocenters. The van der Waals surface area contributed by atoms with Crippen LogP contribution in [0.2, 0.25) is 0 Å². The van der Waals surface area contributed by atoms with Crippen LogP contribution < -0.4 is 4.90 Å². The lowest BCUT2D eigenvalue weighted by atomic mass is 9.99. The summed E-state index contributed by atoms with van der Waals surface area (Å²) in [4.78, 5) is 1.39. The summed E-state index contributed by atoms with van der Waals surface area (Å²) >= 11 is 0. The molecule has 1 nitrogen and oxygen atoms in total. The monoisotopic (exact) mass is 683 g/mol. The van der Waals surface area contributed by atoms with Gasteiger partial charge in [-0.2, -0.15) is 0 Å². The maximum Gasteiger partial charge on any atom is 0.0651 e. The number of fused-ring (bicyclic) bond motifs is 1. The third-order valence-corrected chi connectivity index (χ3v) is 9.44. The Morgan fingerprint density at radius 2 is 0.736 bits per heavy atom. The van der Waals surface area contributed by atoms with E-state index < -0.39 is 12.1 Å². The van der Waals surface area contributed by atoms with E-state index in [1.807, 2.05) is 121 Å². The molecule has 0 fully saturated rings. The highest BCUT2D eigenvalue weighted by Crippen LogP contribution is 2.39. The minimum Gasteiger partial charge on any atom is -0.310 e. The fraction of sp³-hybridized carbons (Fsp3) is 0. The molecule has 53 heavy (non-hydrogen) atoms. The fourth-order valence-electron chi connectivity index (χ4n) is 6.62. The normalized spacial score (nSPS) is 13.1. The standard InChI is InChI=1S/C52H37N/c1-3-10-38(11-4-1)41-18-22-43(23-19-41)45-28-32-50(33-29-45)53(52-17-9-16-48(37-52)49-27-26-40-14-7-8-15-47(40)36-49)51-34-30-46(31-35-51)44-24-20-42(21-25-44)39-12-5-2-6-13-39/h1-37H/i9D,16D,17D,28D,29D,32D,33D,37D. The Labute approximate surface area is 323 Å². The van der Waals surface area contributed by atoms with Gasteiger partial charge in [0.1, 0.15) is 0 Å². The Morgan fingerprint density at radius 1 is 0.283 bits per heavy atom. The van der Waals surface area contributed by atoms with E-state index >= 15 is 0 Å². The molecule has 0 radical (unpaired) electrons. The zero-order valence-corrected chi connectivity index (χ0v) is 28.7. The molecule has 0 aromatic heterocycles. The second-order valence-electron chi connectivity index (χ2n) is 12.8. The molecule has 0 bridgehead atoms. The van der Waals surface area contributed by atoms with E-state index in [0.717, 1.165) is 44.2 Å². The van der Waals surface area contributed by atoms with Crippen LogP contribution in [0.25, 0.3) is 66.4 Å². The predicted octanol–water partition coefficient (Wildman–Crippen LogP) is 14.6. The van der Waals surface area contributed by atoms with Crippen molar-refractivity contribution in [2.24, 2.45) is 0 Å². The molecule has 0 aliphatic heterocycles.